The number of nitrogens with one attached hydrogen (secondary N) is 1. The summed E-state index contributed by atoms with van der Waals surface area (Å²) in [6, 6.07) is 6.17. The number of nitro groups is 1. The number of hydrogen-bond donors (Lipinski definition) is 1. The van der Waals surface area contributed by atoms with Crippen molar-refractivity contribution in [3.63, 3.8) is 0 Å². The first-order valence-electron chi connectivity index (χ1n) is 7.16. The Morgan fingerprint density at radius 3 is 2.44 bits per heavy atom. The lowest BCUT2D eigenvalue weighted by Crippen LogP contribution is -2.23. The largest absolute Gasteiger partial charge is 0.452 e. The summed E-state index contributed by atoms with van der Waals surface area (Å²) in [6.07, 6.45) is -4.97. The second-order valence-corrected chi connectivity index (χ2v) is 5.12. The summed E-state index contributed by atoms with van der Waals surface area (Å²) in [4.78, 5) is 33.0. The maximum Gasteiger partial charge on any atom is 0.418 e. The van der Waals surface area contributed by atoms with Gasteiger partial charge in [0.1, 0.15) is 5.82 Å². The van der Waals surface area contributed by atoms with Gasteiger partial charge in [0.15, 0.2) is 6.61 Å². The van der Waals surface area contributed by atoms with Gasteiger partial charge in [-0.25, -0.2) is 9.18 Å². The number of rotatable bonds is 5. The average molecular weight is 386 g/mol. The monoisotopic (exact) mass is 386 g/mol. The molecule has 7 nitrogen and oxygen atoms in total. The topological polar surface area (TPSA) is 98.5 Å². The molecule has 0 aliphatic rings. The molecule has 0 fully saturated rings. The predicted octanol–water partition coefficient (Wildman–Crippen LogP) is 3.55. The first-order chi connectivity index (χ1) is 12.6. The summed E-state index contributed by atoms with van der Waals surface area (Å²) < 4.78 is 56.7. The van der Waals surface area contributed by atoms with Crippen LogP contribution in [0.25, 0.3) is 0 Å². The van der Waals surface area contributed by atoms with E-state index in [9.17, 15) is 37.3 Å². The Morgan fingerprint density at radius 2 is 1.85 bits per heavy atom. The molecule has 0 heterocycles. The van der Waals surface area contributed by atoms with E-state index in [0.29, 0.717) is 6.07 Å². The van der Waals surface area contributed by atoms with Crippen LogP contribution in [0.2, 0.25) is 0 Å². The number of amides is 1. The predicted molar refractivity (Wildman–Crippen MR) is 83.4 cm³/mol. The van der Waals surface area contributed by atoms with Crippen LogP contribution in [0.4, 0.5) is 28.9 Å². The van der Waals surface area contributed by atoms with Crippen molar-refractivity contribution < 1.29 is 36.8 Å². The van der Waals surface area contributed by atoms with Crippen LogP contribution in [0.5, 0.6) is 0 Å². The first-order valence-corrected chi connectivity index (χ1v) is 7.16. The number of non-ortho nitro benzene ring substituents is 1. The Balaban J connectivity index is 2.09. The average Bonchev–Trinajstić information content (AvgIpc) is 2.58. The van der Waals surface area contributed by atoms with Crippen LogP contribution >= 0.6 is 0 Å². The number of carbonyl (C=O) groups is 2. The number of nitro benzene ring substituents is 1. The molecule has 0 aliphatic heterocycles. The Kier molecular flexibility index (Phi) is 5.73. The van der Waals surface area contributed by atoms with Crippen molar-refractivity contribution in [1.29, 1.82) is 0 Å². The third kappa shape index (κ3) is 5.23. The highest BCUT2D eigenvalue weighted by molar-refractivity contribution is 5.96. The molecule has 27 heavy (non-hydrogen) atoms. The van der Waals surface area contributed by atoms with Gasteiger partial charge in [0.25, 0.3) is 11.6 Å². The third-order valence-corrected chi connectivity index (χ3v) is 3.19. The minimum absolute atomic E-state index is 0.186. The lowest BCUT2D eigenvalue weighted by Gasteiger charge is -2.13. The van der Waals surface area contributed by atoms with Gasteiger partial charge in [-0.1, -0.05) is 6.07 Å². The molecule has 0 unspecified atom stereocenters. The maximum absolute atomic E-state index is 13.0. The highest BCUT2D eigenvalue weighted by Gasteiger charge is 2.35. The minimum atomic E-state index is -4.97. The normalized spacial score (nSPS) is 11.0. The number of nitrogens with zero attached hydrogens (tertiary/aromatic N) is 1. The lowest BCUT2D eigenvalue weighted by atomic mass is 10.1. The van der Waals surface area contributed by atoms with E-state index in [4.69, 9.17) is 0 Å². The van der Waals surface area contributed by atoms with E-state index in [-0.39, 0.29) is 11.6 Å². The van der Waals surface area contributed by atoms with Gasteiger partial charge in [-0.3, -0.25) is 14.9 Å². The van der Waals surface area contributed by atoms with E-state index in [2.05, 4.69) is 4.74 Å². The van der Waals surface area contributed by atoms with Gasteiger partial charge in [-0.2, -0.15) is 13.2 Å². The number of carbonyl (C=O) groups excluding carboxylic acids is 2. The van der Waals surface area contributed by atoms with E-state index < -0.39 is 52.3 Å². The minimum Gasteiger partial charge on any atom is -0.452 e. The summed E-state index contributed by atoms with van der Waals surface area (Å²) in [5, 5.41) is 12.5. The highest BCUT2D eigenvalue weighted by Crippen LogP contribution is 2.37. The smallest absolute Gasteiger partial charge is 0.418 e. The zero-order valence-electron chi connectivity index (χ0n) is 13.2. The van der Waals surface area contributed by atoms with Gasteiger partial charge in [0.05, 0.1) is 21.7 Å². The van der Waals surface area contributed by atoms with Gasteiger partial charge in [0.2, 0.25) is 0 Å². The summed E-state index contributed by atoms with van der Waals surface area (Å²) in [5.74, 6) is -2.88. The van der Waals surface area contributed by atoms with E-state index in [0.717, 1.165) is 18.2 Å². The van der Waals surface area contributed by atoms with Crippen LogP contribution in [0.1, 0.15) is 15.9 Å². The van der Waals surface area contributed by atoms with Gasteiger partial charge in [0, 0.05) is 12.1 Å². The third-order valence-electron chi connectivity index (χ3n) is 3.19. The molecular weight excluding hydrogens is 376 g/mol. The van der Waals surface area contributed by atoms with Gasteiger partial charge >= 0.3 is 12.1 Å². The Labute approximate surface area is 148 Å². The first kappa shape index (κ1) is 19.8. The maximum atomic E-state index is 13.0. The van der Waals surface area contributed by atoms with Crippen molar-refractivity contribution >= 4 is 23.3 Å². The fourth-order valence-corrected chi connectivity index (χ4v) is 2.01. The molecule has 2 aromatic rings. The van der Waals surface area contributed by atoms with Gasteiger partial charge < -0.3 is 10.1 Å². The number of benzene rings is 2. The summed E-state index contributed by atoms with van der Waals surface area (Å²) in [6.45, 7) is -0.941. The summed E-state index contributed by atoms with van der Waals surface area (Å²) >= 11 is 0. The SMILES string of the molecule is O=C(COC(=O)c1cccc(F)c1)Nc1ccc([N+](=O)[O-])cc1C(F)(F)F. The second kappa shape index (κ2) is 7.81. The quantitative estimate of drug-likeness (QED) is 0.367. The number of esters is 1. The van der Waals surface area contributed by atoms with Crippen LogP contribution in [0.3, 0.4) is 0 Å². The highest BCUT2D eigenvalue weighted by atomic mass is 19.4. The number of ether oxygens (including phenoxy) is 1. The van der Waals surface area contributed by atoms with Crippen LogP contribution < -0.4 is 5.32 Å². The van der Waals surface area contributed by atoms with Crippen molar-refractivity contribution in [3.8, 4) is 0 Å². The van der Waals surface area contributed by atoms with E-state index in [1.165, 1.54) is 12.1 Å². The molecule has 0 atom stereocenters. The summed E-state index contributed by atoms with van der Waals surface area (Å²) in [7, 11) is 0. The van der Waals surface area contributed by atoms with Crippen LogP contribution in [0.15, 0.2) is 42.5 Å². The van der Waals surface area contributed by atoms with Crippen LogP contribution in [-0.2, 0) is 15.7 Å². The molecule has 1 N–H and O–H groups in total. The molecule has 0 bridgehead atoms. The van der Waals surface area contributed by atoms with Crippen LogP contribution in [-0.4, -0.2) is 23.4 Å². The Bertz CT molecular complexity index is 899. The van der Waals surface area contributed by atoms with E-state index >= 15 is 0 Å². The molecular formula is C16H10F4N2O5. The lowest BCUT2D eigenvalue weighted by molar-refractivity contribution is -0.385. The molecule has 0 radical (unpaired) electrons. The van der Waals surface area contributed by atoms with Crippen molar-refractivity contribution in [1.82, 2.24) is 0 Å². The van der Waals surface area contributed by atoms with Crippen molar-refractivity contribution in [3.05, 3.63) is 69.5 Å². The molecule has 2 rings (SSSR count). The molecule has 1 amide bonds. The Hall–Kier alpha value is -3.50. The molecule has 0 aliphatic carbocycles. The fourth-order valence-electron chi connectivity index (χ4n) is 2.01. The standard InChI is InChI=1S/C16H10F4N2O5/c17-10-3-1-2-9(6-10)15(24)27-8-14(23)21-13-5-4-11(22(25)26)7-12(13)16(18,19)20/h1-7H,8H2,(H,21,23). The Morgan fingerprint density at radius 1 is 1.15 bits per heavy atom. The van der Waals surface area contributed by atoms with E-state index in [1.807, 2.05) is 5.32 Å². The molecule has 0 saturated heterocycles. The molecule has 142 valence electrons. The molecule has 0 aromatic heterocycles. The number of anilines is 1. The molecule has 0 spiro atoms. The van der Waals surface area contributed by atoms with E-state index in [1.54, 1.807) is 0 Å². The molecule has 2 aromatic carbocycles. The van der Waals surface area contributed by atoms with Crippen molar-refractivity contribution in [2.75, 3.05) is 11.9 Å². The number of hydrogen-bond acceptors (Lipinski definition) is 5. The zero-order chi connectivity index (χ0) is 20.2. The zero-order valence-corrected chi connectivity index (χ0v) is 13.2. The van der Waals surface area contributed by atoms with Crippen molar-refractivity contribution in [2.45, 2.75) is 6.18 Å². The van der Waals surface area contributed by atoms with Crippen molar-refractivity contribution in [2.24, 2.45) is 0 Å². The molecule has 11 heteroatoms. The number of alkyl halides is 3. The van der Waals surface area contributed by atoms with Crippen LogP contribution in [0, 0.1) is 15.9 Å². The fraction of sp³-hybridized carbons (Fsp3) is 0.125. The van der Waals surface area contributed by atoms with Gasteiger partial charge in [-0.05, 0) is 24.3 Å². The number of halogens is 4. The van der Waals surface area contributed by atoms with Gasteiger partial charge in [-0.15, -0.1) is 0 Å². The molecule has 0 saturated carbocycles. The summed E-state index contributed by atoms with van der Waals surface area (Å²) in [5.41, 5.74) is -3.16. The second-order valence-electron chi connectivity index (χ2n) is 5.12.